The second-order valence-electron chi connectivity index (χ2n) is 4.15. The van der Waals surface area contributed by atoms with Crippen molar-refractivity contribution in [1.29, 1.82) is 0 Å². The van der Waals surface area contributed by atoms with Gasteiger partial charge in [0.1, 0.15) is 10.8 Å². The maximum absolute atomic E-state index is 13.4. The predicted molar refractivity (Wildman–Crippen MR) is 77.2 cm³/mol. The number of thiocarbonyl (C=S) groups is 1. The highest BCUT2D eigenvalue weighted by molar-refractivity contribution is 7.80. The zero-order valence-corrected chi connectivity index (χ0v) is 11.1. The van der Waals surface area contributed by atoms with E-state index in [1.165, 1.54) is 6.07 Å². The maximum atomic E-state index is 13.4. The molecule has 0 atom stereocenters. The Balaban J connectivity index is 1.94. The molecule has 0 unspecified atom stereocenters. The lowest BCUT2D eigenvalue weighted by atomic mass is 10.1. The minimum absolute atomic E-state index is 0.240. The van der Waals surface area contributed by atoms with Crippen LogP contribution in [0.4, 0.5) is 4.39 Å². The Morgan fingerprint density at radius 3 is 2.63 bits per heavy atom. The Morgan fingerprint density at radius 2 is 1.89 bits per heavy atom. The third-order valence-electron chi connectivity index (χ3n) is 2.70. The van der Waals surface area contributed by atoms with Crippen molar-refractivity contribution in [2.24, 2.45) is 5.73 Å². The van der Waals surface area contributed by atoms with E-state index in [2.05, 4.69) is 0 Å². The van der Waals surface area contributed by atoms with Gasteiger partial charge in [-0.1, -0.05) is 48.6 Å². The van der Waals surface area contributed by atoms with Crippen LogP contribution >= 0.6 is 12.2 Å². The van der Waals surface area contributed by atoms with Gasteiger partial charge in [-0.25, -0.2) is 4.39 Å². The van der Waals surface area contributed by atoms with Crippen LogP contribution in [0.3, 0.4) is 0 Å². The number of nitrogens with two attached hydrogens (primary N) is 1. The summed E-state index contributed by atoms with van der Waals surface area (Å²) in [7, 11) is 0. The van der Waals surface area contributed by atoms with Gasteiger partial charge in [-0.2, -0.15) is 0 Å². The average molecular weight is 275 g/mol. The van der Waals surface area contributed by atoms with Crippen LogP contribution in [0.5, 0.6) is 0 Å². The van der Waals surface area contributed by atoms with Crippen molar-refractivity contribution >= 4 is 17.2 Å². The largest absolute Gasteiger partial charge is 0.389 e. The predicted octanol–water partition coefficient (Wildman–Crippen LogP) is 3.18. The molecule has 4 heteroatoms. The molecule has 0 heterocycles. The molecule has 0 aliphatic heterocycles. The summed E-state index contributed by atoms with van der Waals surface area (Å²) in [5.41, 5.74) is 7.88. The molecule has 0 radical (unpaired) electrons. The highest BCUT2D eigenvalue weighted by atomic mass is 32.1. The van der Waals surface area contributed by atoms with Crippen LogP contribution in [0.1, 0.15) is 16.7 Å². The lowest BCUT2D eigenvalue weighted by Crippen LogP contribution is -2.09. The van der Waals surface area contributed by atoms with Gasteiger partial charge in [0.15, 0.2) is 0 Å². The van der Waals surface area contributed by atoms with Crippen molar-refractivity contribution in [3.8, 4) is 0 Å². The molecule has 2 rings (SSSR count). The van der Waals surface area contributed by atoms with Gasteiger partial charge < -0.3 is 10.5 Å². The summed E-state index contributed by atoms with van der Waals surface area (Å²) in [6.07, 6.45) is 0. The third-order valence-corrected chi connectivity index (χ3v) is 2.93. The highest BCUT2D eigenvalue weighted by Gasteiger charge is 2.02. The number of benzene rings is 2. The molecule has 2 N–H and O–H groups in total. The lowest BCUT2D eigenvalue weighted by molar-refractivity contribution is 0.105. The molecular formula is C15H14FNOS. The second kappa shape index (κ2) is 6.41. The first-order valence-electron chi connectivity index (χ1n) is 5.86. The number of rotatable bonds is 5. The molecule has 2 aromatic carbocycles. The van der Waals surface area contributed by atoms with E-state index < -0.39 is 0 Å². The van der Waals surface area contributed by atoms with Crippen molar-refractivity contribution in [1.82, 2.24) is 0 Å². The molecule has 0 saturated heterocycles. The normalized spacial score (nSPS) is 10.4. The Morgan fingerprint density at radius 1 is 1.11 bits per heavy atom. The van der Waals surface area contributed by atoms with E-state index in [9.17, 15) is 4.39 Å². The van der Waals surface area contributed by atoms with Gasteiger partial charge in [-0.05, 0) is 17.7 Å². The van der Waals surface area contributed by atoms with Gasteiger partial charge in [-0.15, -0.1) is 0 Å². The van der Waals surface area contributed by atoms with E-state index in [-0.39, 0.29) is 12.4 Å². The average Bonchev–Trinajstić information content (AvgIpc) is 2.41. The molecular weight excluding hydrogens is 261 g/mol. The quantitative estimate of drug-likeness (QED) is 0.851. The minimum Gasteiger partial charge on any atom is -0.389 e. The van der Waals surface area contributed by atoms with Crippen LogP contribution in [0.15, 0.2) is 48.5 Å². The van der Waals surface area contributed by atoms with Gasteiger partial charge in [0.25, 0.3) is 0 Å². The molecule has 0 spiro atoms. The molecule has 98 valence electrons. The Bertz CT molecular complexity index is 586. The fourth-order valence-corrected chi connectivity index (χ4v) is 1.84. The van der Waals surface area contributed by atoms with E-state index >= 15 is 0 Å². The van der Waals surface area contributed by atoms with Crippen molar-refractivity contribution in [3.05, 3.63) is 71.0 Å². The molecule has 0 aromatic heterocycles. The SMILES string of the molecule is NC(=S)c1cccc(COCc2ccccc2F)c1. The molecule has 0 aliphatic rings. The first kappa shape index (κ1) is 13.6. The number of hydrogen-bond acceptors (Lipinski definition) is 2. The van der Waals surface area contributed by atoms with E-state index in [1.807, 2.05) is 24.3 Å². The summed E-state index contributed by atoms with van der Waals surface area (Å²) in [6, 6.07) is 14.1. The topological polar surface area (TPSA) is 35.2 Å². The van der Waals surface area contributed by atoms with Crippen molar-refractivity contribution in [2.75, 3.05) is 0 Å². The third kappa shape index (κ3) is 3.84. The smallest absolute Gasteiger partial charge is 0.128 e. The molecule has 2 aromatic rings. The summed E-state index contributed by atoms with van der Waals surface area (Å²) in [5.74, 6) is -0.251. The van der Waals surface area contributed by atoms with Crippen LogP contribution in [0.2, 0.25) is 0 Å². The Labute approximate surface area is 117 Å². The fourth-order valence-electron chi connectivity index (χ4n) is 1.71. The monoisotopic (exact) mass is 275 g/mol. The van der Waals surface area contributed by atoms with Crippen molar-refractivity contribution < 1.29 is 9.13 Å². The van der Waals surface area contributed by atoms with E-state index in [0.29, 0.717) is 17.2 Å². The first-order chi connectivity index (χ1) is 9.16. The summed E-state index contributed by atoms with van der Waals surface area (Å²) in [6.45, 7) is 0.634. The van der Waals surface area contributed by atoms with E-state index in [4.69, 9.17) is 22.7 Å². The van der Waals surface area contributed by atoms with Crippen LogP contribution in [-0.2, 0) is 18.0 Å². The summed E-state index contributed by atoms with van der Waals surface area (Å²) < 4.78 is 18.9. The van der Waals surface area contributed by atoms with Gasteiger partial charge in [0.2, 0.25) is 0 Å². The van der Waals surface area contributed by atoms with Crippen LogP contribution in [-0.4, -0.2) is 4.99 Å². The summed E-state index contributed by atoms with van der Waals surface area (Å²) in [5, 5.41) is 0. The second-order valence-corrected chi connectivity index (χ2v) is 4.59. The van der Waals surface area contributed by atoms with E-state index in [0.717, 1.165) is 11.1 Å². The van der Waals surface area contributed by atoms with Gasteiger partial charge in [-0.3, -0.25) is 0 Å². The zero-order valence-electron chi connectivity index (χ0n) is 10.3. The molecule has 2 nitrogen and oxygen atoms in total. The molecule has 0 amide bonds. The molecule has 0 bridgehead atoms. The number of halogens is 1. The molecule has 0 saturated carbocycles. The maximum Gasteiger partial charge on any atom is 0.128 e. The van der Waals surface area contributed by atoms with Crippen molar-refractivity contribution in [2.45, 2.75) is 13.2 Å². The standard InChI is InChI=1S/C15H14FNOS/c16-14-7-2-1-5-13(14)10-18-9-11-4-3-6-12(8-11)15(17)19/h1-8H,9-10H2,(H2,17,19). The lowest BCUT2D eigenvalue weighted by Gasteiger charge is -2.07. The summed E-state index contributed by atoms with van der Waals surface area (Å²) >= 11 is 4.92. The molecule has 0 aliphatic carbocycles. The van der Waals surface area contributed by atoms with Crippen molar-refractivity contribution in [3.63, 3.8) is 0 Å². The first-order valence-corrected chi connectivity index (χ1v) is 6.27. The Hall–Kier alpha value is -1.78. The number of ether oxygens (including phenoxy) is 1. The zero-order chi connectivity index (χ0) is 13.7. The van der Waals surface area contributed by atoms with Crippen LogP contribution in [0, 0.1) is 5.82 Å². The fraction of sp³-hybridized carbons (Fsp3) is 0.133. The highest BCUT2D eigenvalue weighted by Crippen LogP contribution is 2.11. The van der Waals surface area contributed by atoms with Gasteiger partial charge >= 0.3 is 0 Å². The molecule has 19 heavy (non-hydrogen) atoms. The minimum atomic E-state index is -0.251. The molecule has 0 fully saturated rings. The van der Waals surface area contributed by atoms with Gasteiger partial charge in [0, 0.05) is 11.1 Å². The summed E-state index contributed by atoms with van der Waals surface area (Å²) in [4.78, 5) is 0.357. The van der Waals surface area contributed by atoms with Crippen LogP contribution < -0.4 is 5.73 Å². The number of hydrogen-bond donors (Lipinski definition) is 1. The van der Waals surface area contributed by atoms with Gasteiger partial charge in [0.05, 0.1) is 13.2 Å². The Kier molecular flexibility index (Phi) is 4.60. The van der Waals surface area contributed by atoms with Crippen LogP contribution in [0.25, 0.3) is 0 Å². The van der Waals surface area contributed by atoms with E-state index in [1.54, 1.807) is 18.2 Å².